The number of H-pyrrole nitrogens is 1. The number of rotatable bonds is 7. The largest absolute Gasteiger partial charge is 0.484 e. The van der Waals surface area contributed by atoms with Crippen LogP contribution in [0.15, 0.2) is 59.7 Å². The van der Waals surface area contributed by atoms with Gasteiger partial charge in [0, 0.05) is 37.2 Å². The molecule has 0 aliphatic rings. The van der Waals surface area contributed by atoms with Gasteiger partial charge in [-0.2, -0.15) is 13.2 Å². The second-order valence-electron chi connectivity index (χ2n) is 6.51. The van der Waals surface area contributed by atoms with Gasteiger partial charge in [-0.05, 0) is 35.7 Å². The maximum Gasteiger partial charge on any atom is 0.422 e. The van der Waals surface area contributed by atoms with Gasteiger partial charge in [0.1, 0.15) is 5.75 Å². The summed E-state index contributed by atoms with van der Waals surface area (Å²) in [6.45, 7) is -0.201. The molecule has 2 aromatic carbocycles. The van der Waals surface area contributed by atoms with E-state index < -0.39 is 12.8 Å². The highest BCUT2D eigenvalue weighted by Gasteiger charge is 2.28. The van der Waals surface area contributed by atoms with Gasteiger partial charge in [-0.1, -0.05) is 30.3 Å². The molecule has 0 atom stereocenters. The number of alkyl halides is 3. The van der Waals surface area contributed by atoms with Crippen molar-refractivity contribution >= 4 is 16.9 Å². The van der Waals surface area contributed by atoms with E-state index in [2.05, 4.69) is 26.7 Å². The standard InChI is InChI=1S/C21H23F3N4O/c1-25-20(26-10-9-16-13-27-19-8-3-2-7-18(16)19)28-12-15-5-4-6-17(11-15)29-14-21(22,23)24/h2-8,11,13,27H,9-10,12,14H2,1H3,(H2,25,26,28). The number of para-hydroxylation sites is 1. The fourth-order valence-corrected chi connectivity index (χ4v) is 2.97. The lowest BCUT2D eigenvalue weighted by atomic mass is 10.1. The van der Waals surface area contributed by atoms with Crippen molar-refractivity contribution < 1.29 is 17.9 Å². The molecule has 29 heavy (non-hydrogen) atoms. The topological polar surface area (TPSA) is 61.4 Å². The highest BCUT2D eigenvalue weighted by molar-refractivity contribution is 5.83. The van der Waals surface area contributed by atoms with Crippen LogP contribution in [0.2, 0.25) is 0 Å². The van der Waals surface area contributed by atoms with E-state index in [4.69, 9.17) is 4.74 Å². The average Bonchev–Trinajstić information content (AvgIpc) is 3.12. The number of aliphatic imine (C=N–C) groups is 1. The van der Waals surface area contributed by atoms with E-state index in [9.17, 15) is 13.2 Å². The predicted molar refractivity (Wildman–Crippen MR) is 108 cm³/mol. The van der Waals surface area contributed by atoms with Crippen molar-refractivity contribution in [2.45, 2.75) is 19.1 Å². The molecule has 5 nitrogen and oxygen atoms in total. The van der Waals surface area contributed by atoms with Crippen molar-refractivity contribution in [3.8, 4) is 5.75 Å². The summed E-state index contributed by atoms with van der Waals surface area (Å²) in [5.74, 6) is 0.801. The van der Waals surface area contributed by atoms with E-state index in [0.29, 0.717) is 19.0 Å². The number of nitrogens with one attached hydrogen (secondary N) is 3. The summed E-state index contributed by atoms with van der Waals surface area (Å²) in [6, 6.07) is 14.7. The molecule has 3 rings (SSSR count). The minimum absolute atomic E-state index is 0.184. The molecule has 0 saturated carbocycles. The molecule has 0 unspecified atom stereocenters. The van der Waals surface area contributed by atoms with Crippen molar-refractivity contribution in [3.05, 3.63) is 65.9 Å². The number of hydrogen-bond donors (Lipinski definition) is 3. The molecule has 0 aliphatic carbocycles. The third-order valence-corrected chi connectivity index (χ3v) is 4.35. The van der Waals surface area contributed by atoms with Gasteiger partial charge in [0.15, 0.2) is 12.6 Å². The van der Waals surface area contributed by atoms with E-state index in [0.717, 1.165) is 17.5 Å². The van der Waals surface area contributed by atoms with Crippen LogP contribution in [0, 0.1) is 0 Å². The van der Waals surface area contributed by atoms with Crippen molar-refractivity contribution in [1.29, 1.82) is 0 Å². The van der Waals surface area contributed by atoms with Gasteiger partial charge in [-0.15, -0.1) is 0 Å². The zero-order valence-electron chi connectivity index (χ0n) is 16.0. The Kier molecular flexibility index (Phi) is 6.64. The number of aromatic nitrogens is 1. The van der Waals surface area contributed by atoms with Gasteiger partial charge < -0.3 is 20.4 Å². The highest BCUT2D eigenvalue weighted by atomic mass is 19.4. The fourth-order valence-electron chi connectivity index (χ4n) is 2.97. The maximum absolute atomic E-state index is 12.3. The fraction of sp³-hybridized carbons (Fsp3) is 0.286. The Bertz CT molecular complexity index is 966. The molecule has 1 aromatic heterocycles. The van der Waals surface area contributed by atoms with Crippen molar-refractivity contribution in [3.63, 3.8) is 0 Å². The third-order valence-electron chi connectivity index (χ3n) is 4.35. The molecule has 8 heteroatoms. The van der Waals surface area contributed by atoms with Crippen molar-refractivity contribution in [2.24, 2.45) is 4.99 Å². The molecule has 1 heterocycles. The zero-order valence-corrected chi connectivity index (χ0v) is 16.0. The SMILES string of the molecule is CN=C(NCCc1c[nH]c2ccccc12)NCc1cccc(OCC(F)(F)F)c1. The van der Waals surface area contributed by atoms with Gasteiger partial charge in [-0.3, -0.25) is 4.99 Å². The number of halogens is 3. The van der Waals surface area contributed by atoms with Crippen LogP contribution in [0.25, 0.3) is 10.9 Å². The lowest BCUT2D eigenvalue weighted by Crippen LogP contribution is -2.37. The Morgan fingerprint density at radius 3 is 2.72 bits per heavy atom. The molecule has 3 aromatic rings. The Morgan fingerprint density at radius 2 is 1.93 bits per heavy atom. The maximum atomic E-state index is 12.3. The summed E-state index contributed by atoms with van der Waals surface area (Å²) in [7, 11) is 1.67. The number of guanidine groups is 1. The monoisotopic (exact) mass is 404 g/mol. The summed E-state index contributed by atoms with van der Waals surface area (Å²) in [6.07, 6.45) is -1.52. The van der Waals surface area contributed by atoms with E-state index in [1.807, 2.05) is 30.5 Å². The Morgan fingerprint density at radius 1 is 1.10 bits per heavy atom. The summed E-state index contributed by atoms with van der Waals surface area (Å²) in [5, 5.41) is 7.60. The molecule has 0 amide bonds. The molecular weight excluding hydrogens is 381 g/mol. The van der Waals surface area contributed by atoms with Crippen LogP contribution in [0.5, 0.6) is 5.75 Å². The van der Waals surface area contributed by atoms with Crippen LogP contribution in [-0.4, -0.2) is 37.3 Å². The lowest BCUT2D eigenvalue weighted by molar-refractivity contribution is -0.153. The Hall–Kier alpha value is -3.16. The number of hydrogen-bond acceptors (Lipinski definition) is 2. The van der Waals surface area contributed by atoms with Crippen LogP contribution in [0.3, 0.4) is 0 Å². The van der Waals surface area contributed by atoms with Gasteiger partial charge in [0.05, 0.1) is 0 Å². The zero-order chi connectivity index (χ0) is 20.7. The van der Waals surface area contributed by atoms with Crippen LogP contribution in [-0.2, 0) is 13.0 Å². The van der Waals surface area contributed by atoms with Crippen molar-refractivity contribution in [1.82, 2.24) is 15.6 Å². The lowest BCUT2D eigenvalue weighted by Gasteiger charge is -2.13. The highest BCUT2D eigenvalue weighted by Crippen LogP contribution is 2.19. The predicted octanol–water partition coefficient (Wildman–Crippen LogP) is 4.02. The molecule has 0 radical (unpaired) electrons. The van der Waals surface area contributed by atoms with Crippen LogP contribution in [0.4, 0.5) is 13.2 Å². The first-order valence-electron chi connectivity index (χ1n) is 9.22. The van der Waals surface area contributed by atoms with E-state index in [-0.39, 0.29) is 5.75 Å². The third kappa shape index (κ3) is 6.17. The van der Waals surface area contributed by atoms with E-state index >= 15 is 0 Å². The molecule has 0 saturated heterocycles. The van der Waals surface area contributed by atoms with E-state index in [1.54, 1.807) is 19.2 Å². The Balaban J connectivity index is 1.48. The number of ether oxygens (including phenoxy) is 1. The summed E-state index contributed by atoms with van der Waals surface area (Å²) < 4.78 is 41.6. The van der Waals surface area contributed by atoms with Crippen LogP contribution in [0.1, 0.15) is 11.1 Å². The quantitative estimate of drug-likeness (QED) is 0.412. The molecular formula is C21H23F3N4O. The number of nitrogens with zero attached hydrogens (tertiary/aromatic N) is 1. The molecule has 3 N–H and O–H groups in total. The minimum atomic E-state index is -4.36. The number of fused-ring (bicyclic) bond motifs is 1. The van der Waals surface area contributed by atoms with Gasteiger partial charge in [-0.25, -0.2) is 0 Å². The number of aromatic amines is 1. The average molecular weight is 404 g/mol. The first-order chi connectivity index (χ1) is 13.9. The van der Waals surface area contributed by atoms with Gasteiger partial charge in [0.2, 0.25) is 0 Å². The van der Waals surface area contributed by atoms with Crippen LogP contribution < -0.4 is 15.4 Å². The normalized spacial score (nSPS) is 12.2. The molecule has 0 bridgehead atoms. The van der Waals surface area contributed by atoms with Crippen molar-refractivity contribution in [2.75, 3.05) is 20.2 Å². The first kappa shape index (κ1) is 20.6. The summed E-state index contributed by atoms with van der Waals surface area (Å²) >= 11 is 0. The molecule has 0 aliphatic heterocycles. The Labute approximate surface area is 167 Å². The summed E-state index contributed by atoms with van der Waals surface area (Å²) in [5.41, 5.74) is 3.12. The van der Waals surface area contributed by atoms with Crippen LogP contribution >= 0.6 is 0 Å². The van der Waals surface area contributed by atoms with Gasteiger partial charge in [0.25, 0.3) is 0 Å². The smallest absolute Gasteiger partial charge is 0.422 e. The summed E-state index contributed by atoms with van der Waals surface area (Å²) in [4.78, 5) is 7.44. The molecule has 0 spiro atoms. The second kappa shape index (κ2) is 9.36. The van der Waals surface area contributed by atoms with Gasteiger partial charge >= 0.3 is 6.18 Å². The minimum Gasteiger partial charge on any atom is -0.484 e. The van der Waals surface area contributed by atoms with E-state index in [1.165, 1.54) is 17.0 Å². The molecule has 154 valence electrons. The second-order valence-corrected chi connectivity index (χ2v) is 6.51. The molecule has 0 fully saturated rings. The number of benzene rings is 2. The first-order valence-corrected chi connectivity index (χ1v) is 9.22.